The third-order valence-electron chi connectivity index (χ3n) is 4.65. The Hall–Kier alpha value is -3.77. The number of hydrogen-bond donors (Lipinski definition) is 2. The van der Waals surface area contributed by atoms with Gasteiger partial charge in [0.05, 0.1) is 18.9 Å². The van der Waals surface area contributed by atoms with Gasteiger partial charge in [-0.15, -0.1) is 20.4 Å². The molecule has 0 atom stereocenters. The van der Waals surface area contributed by atoms with E-state index in [-0.39, 0.29) is 24.1 Å². The fraction of sp³-hybridized carbons (Fsp3) is 0.217. The van der Waals surface area contributed by atoms with E-state index in [1.165, 1.54) is 23.1 Å². The number of ether oxygens (including phenoxy) is 1. The lowest BCUT2D eigenvalue weighted by molar-refractivity contribution is -0.113. The zero-order valence-corrected chi connectivity index (χ0v) is 20.7. The summed E-state index contributed by atoms with van der Waals surface area (Å²) in [5, 5.41) is 23.7. The monoisotopic (exact) mass is 509 g/mol. The average molecular weight is 510 g/mol. The molecule has 4 rings (SSSR count). The van der Waals surface area contributed by atoms with E-state index in [9.17, 15) is 9.59 Å². The van der Waals surface area contributed by atoms with Gasteiger partial charge in [-0.25, -0.2) is 0 Å². The molecule has 0 aliphatic rings. The second-order valence-electron chi connectivity index (χ2n) is 7.17. The summed E-state index contributed by atoms with van der Waals surface area (Å²) in [6.45, 7) is 4.46. The smallest absolute Gasteiger partial charge is 0.251 e. The molecule has 4 aromatic rings. The number of thioether (sulfide) groups is 1. The Morgan fingerprint density at radius 2 is 1.80 bits per heavy atom. The van der Waals surface area contributed by atoms with Crippen LogP contribution in [0.2, 0.25) is 0 Å². The van der Waals surface area contributed by atoms with Gasteiger partial charge in [0.2, 0.25) is 11.0 Å². The van der Waals surface area contributed by atoms with Gasteiger partial charge in [0.25, 0.3) is 5.91 Å². The maximum absolute atomic E-state index is 12.5. The topological polar surface area (TPSA) is 124 Å². The van der Waals surface area contributed by atoms with Crippen LogP contribution in [0.3, 0.4) is 0 Å². The van der Waals surface area contributed by atoms with Crippen LogP contribution in [-0.2, 0) is 11.3 Å². The summed E-state index contributed by atoms with van der Waals surface area (Å²) in [7, 11) is 0. The van der Waals surface area contributed by atoms with Crippen LogP contribution in [0.1, 0.15) is 28.1 Å². The zero-order valence-electron chi connectivity index (χ0n) is 19.1. The molecule has 2 amide bonds. The van der Waals surface area contributed by atoms with E-state index in [0.29, 0.717) is 28.3 Å². The maximum atomic E-state index is 12.5. The van der Waals surface area contributed by atoms with Crippen LogP contribution in [0.5, 0.6) is 5.75 Å². The Bertz CT molecular complexity index is 1290. The highest BCUT2D eigenvalue weighted by atomic mass is 32.2. The minimum Gasteiger partial charge on any atom is -0.494 e. The molecule has 2 aromatic carbocycles. The molecule has 2 N–H and O–H groups in total. The highest BCUT2D eigenvalue weighted by molar-refractivity contribution is 7.99. The first kappa shape index (κ1) is 24.4. The lowest BCUT2D eigenvalue weighted by Gasteiger charge is -2.12. The highest BCUT2D eigenvalue weighted by Crippen LogP contribution is 2.24. The molecule has 0 unspecified atom stereocenters. The van der Waals surface area contributed by atoms with Crippen molar-refractivity contribution in [2.45, 2.75) is 25.5 Å². The van der Waals surface area contributed by atoms with Gasteiger partial charge in [0.1, 0.15) is 10.8 Å². The van der Waals surface area contributed by atoms with Gasteiger partial charge in [-0.2, -0.15) is 0 Å². The van der Waals surface area contributed by atoms with Crippen LogP contribution in [0.4, 0.5) is 5.13 Å². The van der Waals surface area contributed by atoms with Crippen molar-refractivity contribution in [2.24, 2.45) is 0 Å². The summed E-state index contributed by atoms with van der Waals surface area (Å²) in [6, 6.07) is 16.4. The lowest BCUT2D eigenvalue weighted by atomic mass is 10.2. The number of benzene rings is 2. The molecule has 0 saturated heterocycles. The molecule has 35 heavy (non-hydrogen) atoms. The molecule has 0 radical (unpaired) electrons. The fourth-order valence-corrected chi connectivity index (χ4v) is 4.49. The number of carbonyl (C=O) groups excluding carboxylic acids is 2. The number of aromatic nitrogens is 5. The zero-order chi connectivity index (χ0) is 24.6. The summed E-state index contributed by atoms with van der Waals surface area (Å²) in [5.74, 6) is 0.925. The molecule has 10 nitrogen and oxygen atoms in total. The second kappa shape index (κ2) is 11.6. The van der Waals surface area contributed by atoms with Crippen molar-refractivity contribution in [3.8, 4) is 11.4 Å². The highest BCUT2D eigenvalue weighted by Gasteiger charge is 2.18. The number of anilines is 1. The number of rotatable bonds is 10. The van der Waals surface area contributed by atoms with Crippen molar-refractivity contribution < 1.29 is 14.3 Å². The van der Waals surface area contributed by atoms with Crippen LogP contribution in [0, 0.1) is 6.92 Å². The molecule has 0 bridgehead atoms. The molecule has 0 spiro atoms. The van der Waals surface area contributed by atoms with Gasteiger partial charge in [-0.05, 0) is 50.2 Å². The summed E-state index contributed by atoms with van der Waals surface area (Å²) < 4.78 is 7.35. The molecule has 0 aliphatic heterocycles. The number of amides is 2. The molecular formula is C23H23N7O3S2. The van der Waals surface area contributed by atoms with E-state index >= 15 is 0 Å². The first-order valence-electron chi connectivity index (χ1n) is 10.8. The van der Waals surface area contributed by atoms with Crippen LogP contribution in [-0.4, -0.2) is 49.1 Å². The molecule has 0 aliphatic carbocycles. The number of hydrogen-bond acceptors (Lipinski definition) is 9. The predicted molar refractivity (Wildman–Crippen MR) is 134 cm³/mol. The third-order valence-corrected chi connectivity index (χ3v) is 6.34. The molecule has 2 heterocycles. The maximum Gasteiger partial charge on any atom is 0.251 e. The molecule has 0 saturated carbocycles. The van der Waals surface area contributed by atoms with E-state index in [1.54, 1.807) is 24.3 Å². The van der Waals surface area contributed by atoms with Gasteiger partial charge in [-0.3, -0.25) is 19.5 Å². The van der Waals surface area contributed by atoms with Gasteiger partial charge < -0.3 is 10.1 Å². The van der Waals surface area contributed by atoms with Gasteiger partial charge in [-0.1, -0.05) is 41.3 Å². The van der Waals surface area contributed by atoms with Crippen LogP contribution < -0.4 is 15.4 Å². The molecule has 12 heteroatoms. The summed E-state index contributed by atoms with van der Waals surface area (Å²) in [6.07, 6.45) is 0. The largest absolute Gasteiger partial charge is 0.494 e. The number of nitrogens with one attached hydrogen (secondary N) is 2. The van der Waals surface area contributed by atoms with Crippen molar-refractivity contribution >= 4 is 40.0 Å². The molecular weight excluding hydrogens is 486 g/mol. The Labute approximate surface area is 210 Å². The van der Waals surface area contributed by atoms with Crippen LogP contribution in [0.15, 0.2) is 59.8 Å². The first-order valence-corrected chi connectivity index (χ1v) is 12.6. The Balaban J connectivity index is 1.51. The lowest BCUT2D eigenvalue weighted by Crippen LogP contribution is -2.24. The van der Waals surface area contributed by atoms with Crippen molar-refractivity contribution in [2.75, 3.05) is 17.7 Å². The van der Waals surface area contributed by atoms with E-state index in [1.807, 2.05) is 48.7 Å². The second-order valence-corrected chi connectivity index (χ2v) is 9.30. The van der Waals surface area contributed by atoms with Gasteiger partial charge in [0, 0.05) is 11.3 Å². The predicted octanol–water partition coefficient (Wildman–Crippen LogP) is 3.49. The van der Waals surface area contributed by atoms with Crippen LogP contribution in [0.25, 0.3) is 5.69 Å². The van der Waals surface area contributed by atoms with Crippen molar-refractivity contribution in [1.29, 1.82) is 0 Å². The van der Waals surface area contributed by atoms with E-state index in [2.05, 4.69) is 31.0 Å². The molecule has 0 fully saturated rings. The summed E-state index contributed by atoms with van der Waals surface area (Å²) >= 11 is 2.54. The van der Waals surface area contributed by atoms with Gasteiger partial charge in [0.15, 0.2) is 11.0 Å². The van der Waals surface area contributed by atoms with Crippen molar-refractivity contribution in [1.82, 2.24) is 30.3 Å². The van der Waals surface area contributed by atoms with Gasteiger partial charge >= 0.3 is 0 Å². The summed E-state index contributed by atoms with van der Waals surface area (Å²) in [4.78, 5) is 24.9. The standard InChI is InChI=1S/C23H23N7O3S2/c1-3-33-18-11-9-17(10-12-18)30-19(13-24-21(32)16-7-5-4-6-8-16)27-29-23(30)34-14-20(31)25-22-28-26-15(2)35-22/h4-12H,3,13-14H2,1-2H3,(H,24,32)(H,25,28,31). The van der Waals surface area contributed by atoms with Crippen molar-refractivity contribution in [3.63, 3.8) is 0 Å². The van der Waals surface area contributed by atoms with E-state index in [4.69, 9.17) is 4.74 Å². The minimum absolute atomic E-state index is 0.101. The fourth-order valence-electron chi connectivity index (χ4n) is 3.11. The van der Waals surface area contributed by atoms with E-state index < -0.39 is 0 Å². The Morgan fingerprint density at radius 3 is 2.49 bits per heavy atom. The van der Waals surface area contributed by atoms with Crippen molar-refractivity contribution in [3.05, 3.63) is 71.0 Å². The first-order chi connectivity index (χ1) is 17.0. The van der Waals surface area contributed by atoms with E-state index in [0.717, 1.165) is 16.4 Å². The number of nitrogens with zero attached hydrogens (tertiary/aromatic N) is 5. The minimum atomic E-state index is -0.230. The summed E-state index contributed by atoms with van der Waals surface area (Å²) in [5.41, 5.74) is 1.34. The number of aryl methyl sites for hydroxylation is 1. The quantitative estimate of drug-likeness (QED) is 0.311. The Morgan fingerprint density at radius 1 is 1.03 bits per heavy atom. The van der Waals surface area contributed by atoms with Crippen LogP contribution >= 0.6 is 23.1 Å². The molecule has 2 aromatic heterocycles. The third kappa shape index (κ3) is 6.43. The average Bonchev–Trinajstić information content (AvgIpc) is 3.48. The Kier molecular flexibility index (Phi) is 8.06. The molecule has 180 valence electrons. The SMILES string of the molecule is CCOc1ccc(-n2c(CNC(=O)c3ccccc3)nnc2SCC(=O)Nc2nnc(C)s2)cc1. The normalized spacial score (nSPS) is 10.7. The number of carbonyl (C=O) groups is 2.